The molecule has 1 fully saturated rings. The Morgan fingerprint density at radius 3 is 2.89 bits per heavy atom. The summed E-state index contributed by atoms with van der Waals surface area (Å²) in [5, 5.41) is 18.6. The lowest BCUT2D eigenvalue weighted by molar-refractivity contribution is -0.148. The van der Waals surface area contributed by atoms with E-state index in [1.165, 1.54) is 4.90 Å². The fraction of sp³-hybridized carbons (Fsp3) is 0.417. The van der Waals surface area contributed by atoms with Crippen LogP contribution in [0, 0.1) is 0 Å². The van der Waals surface area contributed by atoms with E-state index in [9.17, 15) is 19.8 Å². The first-order valence-corrected chi connectivity index (χ1v) is 5.67. The Hall–Kier alpha value is -1.95. The van der Waals surface area contributed by atoms with Crippen LogP contribution in [0.15, 0.2) is 24.5 Å². The molecule has 6 nitrogen and oxygen atoms in total. The molecular weight excluding hydrogens is 236 g/mol. The molecule has 1 aliphatic heterocycles. The number of rotatable bonds is 4. The Kier molecular flexibility index (Phi) is 3.57. The third kappa shape index (κ3) is 2.65. The molecule has 0 bridgehead atoms. The predicted octanol–water partition coefficient (Wildman–Crippen LogP) is -0.330. The summed E-state index contributed by atoms with van der Waals surface area (Å²) in [6.45, 7) is 0.0794. The van der Waals surface area contributed by atoms with E-state index in [4.69, 9.17) is 0 Å². The number of nitrogens with zero attached hydrogens (tertiary/aromatic N) is 2. The summed E-state index contributed by atoms with van der Waals surface area (Å²) in [6, 6.07) is 2.54. The topological polar surface area (TPSA) is 90.7 Å². The second-order valence-corrected chi connectivity index (χ2v) is 4.32. The molecule has 2 heterocycles. The van der Waals surface area contributed by atoms with E-state index >= 15 is 0 Å². The number of aromatic nitrogens is 1. The minimum Gasteiger partial charge on any atom is -0.480 e. The van der Waals surface area contributed by atoms with Crippen LogP contribution in [-0.4, -0.2) is 50.7 Å². The largest absolute Gasteiger partial charge is 0.480 e. The van der Waals surface area contributed by atoms with Gasteiger partial charge in [0.2, 0.25) is 5.91 Å². The van der Waals surface area contributed by atoms with Crippen LogP contribution in [0.25, 0.3) is 0 Å². The summed E-state index contributed by atoms with van der Waals surface area (Å²) in [4.78, 5) is 28.0. The molecule has 2 N–H and O–H groups in total. The van der Waals surface area contributed by atoms with Gasteiger partial charge in [-0.3, -0.25) is 9.78 Å². The number of hydrogen-bond acceptors (Lipinski definition) is 4. The molecule has 1 amide bonds. The smallest absolute Gasteiger partial charge is 0.326 e. The number of carboxylic acids is 1. The highest BCUT2D eigenvalue weighted by atomic mass is 16.4. The molecule has 0 saturated carbocycles. The molecule has 0 radical (unpaired) electrons. The van der Waals surface area contributed by atoms with E-state index in [1.807, 2.05) is 0 Å². The van der Waals surface area contributed by atoms with Crippen LogP contribution >= 0.6 is 0 Å². The van der Waals surface area contributed by atoms with Crippen LogP contribution in [0.1, 0.15) is 12.0 Å². The number of aliphatic hydroxyl groups is 1. The summed E-state index contributed by atoms with van der Waals surface area (Å²) >= 11 is 0. The SMILES string of the molecule is O=C(O)C(Cc1cccnc1)N1CC(O)CC1=O. The van der Waals surface area contributed by atoms with Gasteiger partial charge in [0.25, 0.3) is 0 Å². The maximum atomic E-state index is 11.6. The summed E-state index contributed by atoms with van der Waals surface area (Å²) in [6.07, 6.45) is 2.60. The summed E-state index contributed by atoms with van der Waals surface area (Å²) < 4.78 is 0. The van der Waals surface area contributed by atoms with Gasteiger partial charge in [0.15, 0.2) is 0 Å². The minimum absolute atomic E-state index is 0.00316. The Balaban J connectivity index is 2.14. The van der Waals surface area contributed by atoms with E-state index in [2.05, 4.69) is 4.98 Å². The van der Waals surface area contributed by atoms with Crippen LogP contribution in [-0.2, 0) is 16.0 Å². The first-order chi connectivity index (χ1) is 8.58. The van der Waals surface area contributed by atoms with E-state index in [0.717, 1.165) is 5.56 Å². The first kappa shape index (κ1) is 12.5. The van der Waals surface area contributed by atoms with Crippen molar-refractivity contribution in [2.75, 3.05) is 6.54 Å². The molecule has 6 heteroatoms. The molecule has 18 heavy (non-hydrogen) atoms. The van der Waals surface area contributed by atoms with Crippen molar-refractivity contribution in [2.45, 2.75) is 25.0 Å². The zero-order valence-corrected chi connectivity index (χ0v) is 9.69. The Labute approximate surface area is 104 Å². The average molecular weight is 250 g/mol. The normalized spacial score (nSPS) is 21.1. The summed E-state index contributed by atoms with van der Waals surface area (Å²) in [5.41, 5.74) is 0.749. The first-order valence-electron chi connectivity index (χ1n) is 5.67. The number of carbonyl (C=O) groups is 2. The number of aliphatic hydroxyl groups excluding tert-OH is 1. The van der Waals surface area contributed by atoms with Crippen molar-refractivity contribution in [1.29, 1.82) is 0 Å². The molecule has 0 aliphatic carbocycles. The average Bonchev–Trinajstić information content (AvgIpc) is 2.66. The van der Waals surface area contributed by atoms with Gasteiger partial charge in [-0.05, 0) is 11.6 Å². The van der Waals surface area contributed by atoms with Gasteiger partial charge in [-0.2, -0.15) is 0 Å². The predicted molar refractivity (Wildman–Crippen MR) is 61.7 cm³/mol. The standard InChI is InChI=1S/C12H14N2O4/c15-9-5-11(16)14(7-9)10(12(17)18)4-8-2-1-3-13-6-8/h1-3,6,9-10,15H,4-5,7H2,(H,17,18). The molecule has 2 rings (SSSR count). The Morgan fingerprint density at radius 2 is 2.39 bits per heavy atom. The highest BCUT2D eigenvalue weighted by molar-refractivity contribution is 5.85. The van der Waals surface area contributed by atoms with E-state index in [1.54, 1.807) is 24.5 Å². The van der Waals surface area contributed by atoms with Crippen molar-refractivity contribution in [3.05, 3.63) is 30.1 Å². The quantitative estimate of drug-likeness (QED) is 0.763. The number of amides is 1. The molecule has 1 aromatic rings. The lowest BCUT2D eigenvalue weighted by Gasteiger charge is -2.24. The van der Waals surface area contributed by atoms with E-state index in [0.29, 0.717) is 0 Å². The zero-order valence-electron chi connectivity index (χ0n) is 9.69. The van der Waals surface area contributed by atoms with E-state index in [-0.39, 0.29) is 25.3 Å². The number of likely N-dealkylation sites (tertiary alicyclic amines) is 1. The lowest BCUT2D eigenvalue weighted by Crippen LogP contribution is -2.44. The van der Waals surface area contributed by atoms with Gasteiger partial charge < -0.3 is 15.1 Å². The molecule has 96 valence electrons. The van der Waals surface area contributed by atoms with Crippen LogP contribution < -0.4 is 0 Å². The highest BCUT2D eigenvalue weighted by Crippen LogP contribution is 2.17. The molecule has 2 unspecified atom stereocenters. The van der Waals surface area contributed by atoms with Gasteiger partial charge >= 0.3 is 5.97 Å². The maximum Gasteiger partial charge on any atom is 0.326 e. The van der Waals surface area contributed by atoms with E-state index < -0.39 is 18.1 Å². The van der Waals surface area contributed by atoms with Gasteiger partial charge in [-0.1, -0.05) is 6.07 Å². The number of carboxylic acid groups (broad SMARTS) is 1. The van der Waals surface area contributed by atoms with Gasteiger partial charge in [0.1, 0.15) is 6.04 Å². The van der Waals surface area contributed by atoms with Gasteiger partial charge in [0, 0.05) is 25.4 Å². The van der Waals surface area contributed by atoms with Crippen LogP contribution in [0.4, 0.5) is 0 Å². The zero-order chi connectivity index (χ0) is 13.1. The number of hydrogen-bond donors (Lipinski definition) is 2. The molecular formula is C12H14N2O4. The molecule has 0 spiro atoms. The molecule has 1 saturated heterocycles. The molecule has 1 aliphatic rings. The van der Waals surface area contributed by atoms with Gasteiger partial charge in [-0.25, -0.2) is 4.79 Å². The number of aliphatic carboxylic acids is 1. The molecule has 1 aromatic heterocycles. The van der Waals surface area contributed by atoms with Crippen molar-refractivity contribution >= 4 is 11.9 Å². The van der Waals surface area contributed by atoms with Gasteiger partial charge in [-0.15, -0.1) is 0 Å². The van der Waals surface area contributed by atoms with Gasteiger partial charge in [0.05, 0.1) is 12.5 Å². The van der Waals surface area contributed by atoms with Crippen molar-refractivity contribution in [3.63, 3.8) is 0 Å². The number of pyridine rings is 1. The highest BCUT2D eigenvalue weighted by Gasteiger charge is 2.36. The van der Waals surface area contributed by atoms with Crippen molar-refractivity contribution < 1.29 is 19.8 Å². The monoisotopic (exact) mass is 250 g/mol. The van der Waals surface area contributed by atoms with Crippen LogP contribution in [0.2, 0.25) is 0 Å². The number of carbonyl (C=O) groups excluding carboxylic acids is 1. The second kappa shape index (κ2) is 5.14. The minimum atomic E-state index is -1.07. The maximum absolute atomic E-state index is 11.6. The fourth-order valence-corrected chi connectivity index (χ4v) is 2.09. The second-order valence-electron chi connectivity index (χ2n) is 4.32. The Bertz CT molecular complexity index is 449. The third-order valence-corrected chi connectivity index (χ3v) is 2.95. The fourth-order valence-electron chi connectivity index (χ4n) is 2.09. The van der Waals surface area contributed by atoms with Crippen molar-refractivity contribution in [2.24, 2.45) is 0 Å². The lowest BCUT2D eigenvalue weighted by atomic mass is 10.1. The number of β-amino-alcohol motifs (C(OH)–C–C–N with tert-alkyl or cyclic N) is 1. The third-order valence-electron chi connectivity index (χ3n) is 2.95. The Morgan fingerprint density at radius 1 is 1.61 bits per heavy atom. The molecule has 0 aromatic carbocycles. The summed E-state index contributed by atoms with van der Waals surface area (Å²) in [7, 11) is 0. The summed E-state index contributed by atoms with van der Waals surface area (Å²) in [5.74, 6) is -1.39. The van der Waals surface area contributed by atoms with Crippen molar-refractivity contribution in [3.8, 4) is 0 Å². The molecule has 2 atom stereocenters. The van der Waals surface area contributed by atoms with Crippen LogP contribution in [0.5, 0.6) is 0 Å². The van der Waals surface area contributed by atoms with Crippen molar-refractivity contribution in [1.82, 2.24) is 9.88 Å². The van der Waals surface area contributed by atoms with Crippen LogP contribution in [0.3, 0.4) is 0 Å².